The molecule has 122 valence electrons. The van der Waals surface area contributed by atoms with Crippen LogP contribution in [0.5, 0.6) is 0 Å². The standard InChI is InChI=1S/C16H24BrN3O2/c1-12-6-7-14(10-15(12)17)18-16(22)11-20(13(2)21)9-5-8-19(3)4/h6-7,10H,5,8-9,11H2,1-4H3,(H,18,22). The quantitative estimate of drug-likeness (QED) is 0.803. The van der Waals surface area contributed by atoms with Crippen LogP contribution in [0.4, 0.5) is 5.69 Å². The number of anilines is 1. The normalized spacial score (nSPS) is 10.6. The van der Waals surface area contributed by atoms with Crippen LogP contribution in [0, 0.1) is 6.92 Å². The van der Waals surface area contributed by atoms with Crippen molar-refractivity contribution in [1.29, 1.82) is 0 Å². The Bertz CT molecular complexity index is 532. The summed E-state index contributed by atoms with van der Waals surface area (Å²) >= 11 is 3.44. The zero-order chi connectivity index (χ0) is 16.7. The molecule has 6 heteroatoms. The number of hydrogen-bond acceptors (Lipinski definition) is 3. The molecular weight excluding hydrogens is 346 g/mol. The molecule has 0 unspecified atom stereocenters. The minimum absolute atomic E-state index is 0.0776. The molecule has 0 atom stereocenters. The van der Waals surface area contributed by atoms with Crippen LogP contribution in [0.3, 0.4) is 0 Å². The summed E-state index contributed by atoms with van der Waals surface area (Å²) in [5.41, 5.74) is 1.83. The first-order valence-corrected chi connectivity index (χ1v) is 8.05. The van der Waals surface area contributed by atoms with Gasteiger partial charge in [0.2, 0.25) is 11.8 Å². The Balaban J connectivity index is 2.55. The summed E-state index contributed by atoms with van der Waals surface area (Å²) in [7, 11) is 3.97. The number of aryl methyl sites for hydroxylation is 1. The van der Waals surface area contributed by atoms with E-state index < -0.39 is 0 Å². The van der Waals surface area contributed by atoms with Crippen molar-refractivity contribution < 1.29 is 9.59 Å². The molecule has 5 nitrogen and oxygen atoms in total. The zero-order valence-corrected chi connectivity index (χ0v) is 15.2. The monoisotopic (exact) mass is 369 g/mol. The topological polar surface area (TPSA) is 52.7 Å². The van der Waals surface area contributed by atoms with E-state index in [2.05, 4.69) is 26.1 Å². The highest BCUT2D eigenvalue weighted by Gasteiger charge is 2.13. The lowest BCUT2D eigenvalue weighted by Gasteiger charge is -2.21. The van der Waals surface area contributed by atoms with E-state index in [1.54, 1.807) is 4.90 Å². The van der Waals surface area contributed by atoms with E-state index >= 15 is 0 Å². The van der Waals surface area contributed by atoms with Gasteiger partial charge in [0.1, 0.15) is 0 Å². The maximum Gasteiger partial charge on any atom is 0.243 e. The Kier molecular flexibility index (Phi) is 7.55. The molecule has 0 aliphatic carbocycles. The number of carbonyl (C=O) groups is 2. The fourth-order valence-corrected chi connectivity index (χ4v) is 2.35. The summed E-state index contributed by atoms with van der Waals surface area (Å²) in [4.78, 5) is 27.4. The average molecular weight is 370 g/mol. The molecule has 1 aromatic rings. The number of carbonyl (C=O) groups excluding carboxylic acids is 2. The van der Waals surface area contributed by atoms with Crippen molar-refractivity contribution in [2.45, 2.75) is 20.3 Å². The fraction of sp³-hybridized carbons (Fsp3) is 0.500. The first kappa shape index (κ1) is 18.6. The molecule has 0 saturated carbocycles. The molecule has 1 N–H and O–H groups in total. The van der Waals surface area contributed by atoms with Gasteiger partial charge in [-0.2, -0.15) is 0 Å². The van der Waals surface area contributed by atoms with Crippen molar-refractivity contribution in [2.75, 3.05) is 39.0 Å². The summed E-state index contributed by atoms with van der Waals surface area (Å²) in [6, 6.07) is 5.64. The van der Waals surface area contributed by atoms with Gasteiger partial charge in [0, 0.05) is 23.6 Å². The molecule has 0 fully saturated rings. The van der Waals surface area contributed by atoms with Gasteiger partial charge in [0.05, 0.1) is 6.54 Å². The Hall–Kier alpha value is -1.40. The third-order valence-corrected chi connectivity index (χ3v) is 4.12. The number of halogens is 1. The van der Waals surface area contributed by atoms with Gasteiger partial charge in [-0.15, -0.1) is 0 Å². The number of rotatable bonds is 7. The van der Waals surface area contributed by atoms with Gasteiger partial charge in [0.15, 0.2) is 0 Å². The highest BCUT2D eigenvalue weighted by Crippen LogP contribution is 2.20. The maximum absolute atomic E-state index is 12.1. The van der Waals surface area contributed by atoms with E-state index in [0.717, 1.165) is 28.7 Å². The fourth-order valence-electron chi connectivity index (χ4n) is 1.97. The molecule has 0 spiro atoms. The lowest BCUT2D eigenvalue weighted by Crippen LogP contribution is -2.38. The molecule has 0 aliphatic heterocycles. The molecule has 0 radical (unpaired) electrons. The van der Waals surface area contributed by atoms with Crippen molar-refractivity contribution in [3.63, 3.8) is 0 Å². The summed E-state index contributed by atoms with van der Waals surface area (Å²) < 4.78 is 0.944. The van der Waals surface area contributed by atoms with Gasteiger partial charge in [-0.25, -0.2) is 0 Å². The predicted octanol–water partition coefficient (Wildman–Crippen LogP) is 2.50. The highest BCUT2D eigenvalue weighted by molar-refractivity contribution is 9.10. The van der Waals surface area contributed by atoms with Gasteiger partial charge >= 0.3 is 0 Å². The molecule has 1 aromatic carbocycles. The molecule has 0 aliphatic rings. The van der Waals surface area contributed by atoms with Crippen LogP contribution in [0.15, 0.2) is 22.7 Å². The third kappa shape index (κ3) is 6.58. The molecular formula is C16H24BrN3O2. The highest BCUT2D eigenvalue weighted by atomic mass is 79.9. The molecule has 1 rings (SSSR count). The third-order valence-electron chi connectivity index (χ3n) is 3.27. The lowest BCUT2D eigenvalue weighted by molar-refractivity contribution is -0.132. The summed E-state index contributed by atoms with van der Waals surface area (Å²) in [6.45, 7) is 5.02. The maximum atomic E-state index is 12.1. The predicted molar refractivity (Wildman–Crippen MR) is 92.9 cm³/mol. The van der Waals surface area contributed by atoms with E-state index in [9.17, 15) is 9.59 Å². The number of nitrogens with one attached hydrogen (secondary N) is 1. The van der Waals surface area contributed by atoms with Gasteiger partial charge in [-0.1, -0.05) is 22.0 Å². The van der Waals surface area contributed by atoms with Crippen molar-refractivity contribution in [1.82, 2.24) is 9.80 Å². The van der Waals surface area contributed by atoms with Gasteiger partial charge < -0.3 is 15.1 Å². The SMILES string of the molecule is CC(=O)N(CCCN(C)C)CC(=O)Nc1ccc(C)c(Br)c1. The second-order valence-electron chi connectivity index (χ2n) is 5.61. The van der Waals surface area contributed by atoms with Gasteiger partial charge in [-0.3, -0.25) is 9.59 Å². The molecule has 0 heterocycles. The summed E-state index contributed by atoms with van der Waals surface area (Å²) in [6.07, 6.45) is 0.843. The smallest absolute Gasteiger partial charge is 0.243 e. The van der Waals surface area contributed by atoms with Gasteiger partial charge in [-0.05, 0) is 51.7 Å². The second-order valence-corrected chi connectivity index (χ2v) is 6.46. The first-order chi connectivity index (χ1) is 10.3. The first-order valence-electron chi connectivity index (χ1n) is 7.26. The van der Waals surface area contributed by atoms with E-state index in [1.165, 1.54) is 6.92 Å². The van der Waals surface area contributed by atoms with E-state index in [1.807, 2.05) is 39.2 Å². The van der Waals surface area contributed by atoms with E-state index in [0.29, 0.717) is 6.54 Å². The van der Waals surface area contributed by atoms with Crippen LogP contribution in [-0.2, 0) is 9.59 Å². The molecule has 0 aromatic heterocycles. The van der Waals surface area contributed by atoms with Crippen molar-refractivity contribution in [3.05, 3.63) is 28.2 Å². The number of amides is 2. The minimum Gasteiger partial charge on any atom is -0.334 e. The Morgan fingerprint density at radius 2 is 1.91 bits per heavy atom. The summed E-state index contributed by atoms with van der Waals surface area (Å²) in [5.74, 6) is -0.269. The molecule has 2 amide bonds. The van der Waals surface area contributed by atoms with Crippen LogP contribution in [-0.4, -0.2) is 55.3 Å². The van der Waals surface area contributed by atoms with Crippen LogP contribution < -0.4 is 5.32 Å². The van der Waals surface area contributed by atoms with Crippen molar-refractivity contribution >= 4 is 33.4 Å². The second kappa shape index (κ2) is 8.90. The number of hydrogen-bond donors (Lipinski definition) is 1. The zero-order valence-electron chi connectivity index (χ0n) is 13.6. The van der Waals surface area contributed by atoms with Gasteiger partial charge in [0.25, 0.3) is 0 Å². The van der Waals surface area contributed by atoms with Crippen molar-refractivity contribution in [2.24, 2.45) is 0 Å². The molecule has 0 saturated heterocycles. The van der Waals surface area contributed by atoms with Crippen LogP contribution in [0.1, 0.15) is 18.9 Å². The van der Waals surface area contributed by atoms with E-state index in [4.69, 9.17) is 0 Å². The van der Waals surface area contributed by atoms with Crippen LogP contribution in [0.25, 0.3) is 0 Å². The Morgan fingerprint density at radius 1 is 1.23 bits per heavy atom. The number of benzene rings is 1. The molecule has 22 heavy (non-hydrogen) atoms. The van der Waals surface area contributed by atoms with Crippen molar-refractivity contribution in [3.8, 4) is 0 Å². The Labute approximate surface area is 140 Å². The average Bonchev–Trinajstić information content (AvgIpc) is 2.41. The summed E-state index contributed by atoms with van der Waals surface area (Å²) in [5, 5.41) is 2.82. The molecule has 0 bridgehead atoms. The number of nitrogens with zero attached hydrogens (tertiary/aromatic N) is 2. The Morgan fingerprint density at radius 3 is 2.45 bits per heavy atom. The largest absolute Gasteiger partial charge is 0.334 e. The lowest BCUT2D eigenvalue weighted by atomic mass is 10.2. The van der Waals surface area contributed by atoms with E-state index in [-0.39, 0.29) is 18.4 Å². The van der Waals surface area contributed by atoms with Crippen LogP contribution >= 0.6 is 15.9 Å². The minimum atomic E-state index is -0.184. The van der Waals surface area contributed by atoms with Crippen LogP contribution in [0.2, 0.25) is 0 Å².